The van der Waals surface area contributed by atoms with Crippen LogP contribution in [0.5, 0.6) is 11.5 Å². The lowest BCUT2D eigenvalue weighted by Gasteiger charge is -2.32. The summed E-state index contributed by atoms with van der Waals surface area (Å²) in [6.45, 7) is 1.18. The van der Waals surface area contributed by atoms with Gasteiger partial charge in [-0.05, 0) is 31.0 Å². The molecule has 158 valence electrons. The van der Waals surface area contributed by atoms with Crippen LogP contribution in [0.2, 0.25) is 0 Å². The largest absolute Gasteiger partial charge is 0.497 e. The Kier molecular flexibility index (Phi) is 6.61. The molecule has 2 aliphatic rings. The minimum atomic E-state index is -0.501. The number of nitrogens with zero attached hydrogens (tertiary/aromatic N) is 2. The molecule has 29 heavy (non-hydrogen) atoms. The number of likely N-dealkylation sites (tertiary alicyclic amines) is 1. The number of hydrogen-bond acceptors (Lipinski definition) is 6. The molecule has 0 N–H and O–H groups in total. The first kappa shape index (κ1) is 21.0. The fourth-order valence-electron chi connectivity index (χ4n) is 3.40. The number of hydrogen-bond donors (Lipinski definition) is 0. The van der Waals surface area contributed by atoms with E-state index in [0.29, 0.717) is 30.2 Å². The van der Waals surface area contributed by atoms with Gasteiger partial charge in [-0.1, -0.05) is 0 Å². The molecule has 1 aromatic carbocycles. The number of likely N-dealkylation sites (N-methyl/N-ethyl adjacent to an activating group) is 1. The fraction of sp³-hybridized carbons (Fsp3) is 0.571. The first-order chi connectivity index (χ1) is 13.9. The number of amides is 2. The van der Waals surface area contributed by atoms with Crippen molar-refractivity contribution in [3.05, 3.63) is 23.8 Å². The number of piperidine rings is 1. The lowest BCUT2D eigenvalue weighted by molar-refractivity contribution is -0.141. The molecule has 1 saturated heterocycles. The summed E-state index contributed by atoms with van der Waals surface area (Å²) in [4.78, 5) is 39.8. The smallest absolute Gasteiger partial charge is 0.325 e. The van der Waals surface area contributed by atoms with Crippen molar-refractivity contribution in [3.63, 3.8) is 0 Å². The molecule has 2 fully saturated rings. The Morgan fingerprint density at radius 1 is 1.10 bits per heavy atom. The number of benzene rings is 1. The van der Waals surface area contributed by atoms with E-state index in [0.717, 1.165) is 25.7 Å². The van der Waals surface area contributed by atoms with Crippen LogP contribution in [0.25, 0.3) is 0 Å². The van der Waals surface area contributed by atoms with Crippen molar-refractivity contribution in [1.29, 1.82) is 0 Å². The minimum absolute atomic E-state index is 0.0795. The number of carbonyl (C=O) groups is 3. The average Bonchev–Trinajstić information content (AvgIpc) is 3.58. The Hall–Kier alpha value is -2.77. The summed E-state index contributed by atoms with van der Waals surface area (Å²) in [6, 6.07) is 5.05. The van der Waals surface area contributed by atoms with E-state index >= 15 is 0 Å². The maximum absolute atomic E-state index is 12.9. The highest BCUT2D eigenvalue weighted by molar-refractivity contribution is 5.98. The van der Waals surface area contributed by atoms with E-state index in [-0.39, 0.29) is 30.4 Å². The van der Waals surface area contributed by atoms with Gasteiger partial charge >= 0.3 is 5.97 Å². The summed E-state index contributed by atoms with van der Waals surface area (Å²) in [7, 11) is 4.33. The molecule has 0 spiro atoms. The second-order valence-electron chi connectivity index (χ2n) is 7.52. The van der Waals surface area contributed by atoms with E-state index < -0.39 is 5.97 Å². The van der Waals surface area contributed by atoms with E-state index in [1.54, 1.807) is 18.2 Å². The Bertz CT molecular complexity index is 768. The maximum atomic E-state index is 12.9. The van der Waals surface area contributed by atoms with Crippen molar-refractivity contribution in [2.45, 2.75) is 31.8 Å². The molecule has 1 aliphatic heterocycles. The Morgan fingerprint density at radius 2 is 1.79 bits per heavy atom. The van der Waals surface area contributed by atoms with Crippen LogP contribution in [0.4, 0.5) is 0 Å². The number of ether oxygens (including phenoxy) is 3. The number of esters is 1. The monoisotopic (exact) mass is 404 g/mol. The molecule has 1 saturated carbocycles. The summed E-state index contributed by atoms with van der Waals surface area (Å²) in [5.41, 5.74) is 0.326. The van der Waals surface area contributed by atoms with Gasteiger partial charge in [-0.3, -0.25) is 14.4 Å². The summed E-state index contributed by atoms with van der Waals surface area (Å²) < 4.78 is 16.0. The minimum Gasteiger partial charge on any atom is -0.497 e. The SMILES string of the molecule is COC(=O)CN(C)C(=O)c1cc(OC)ccc1OC1CCN(C(=O)C2CC2)CC1. The van der Waals surface area contributed by atoms with Gasteiger partial charge in [0.15, 0.2) is 0 Å². The molecule has 0 unspecified atom stereocenters. The zero-order chi connectivity index (χ0) is 21.0. The highest BCUT2D eigenvalue weighted by Gasteiger charge is 2.35. The van der Waals surface area contributed by atoms with Crippen LogP contribution in [-0.4, -0.2) is 74.6 Å². The second kappa shape index (κ2) is 9.15. The fourth-order valence-corrected chi connectivity index (χ4v) is 3.40. The van der Waals surface area contributed by atoms with E-state index in [1.165, 1.54) is 26.2 Å². The quantitative estimate of drug-likeness (QED) is 0.644. The summed E-state index contributed by atoms with van der Waals surface area (Å²) in [6.07, 6.45) is 3.37. The van der Waals surface area contributed by atoms with E-state index in [1.807, 2.05) is 4.90 Å². The maximum Gasteiger partial charge on any atom is 0.325 e. The molecule has 1 heterocycles. The van der Waals surface area contributed by atoms with Gasteiger partial charge in [0.1, 0.15) is 24.1 Å². The number of methoxy groups -OCH3 is 2. The summed E-state index contributed by atoms with van der Waals surface area (Å²) >= 11 is 0. The molecule has 8 heteroatoms. The van der Waals surface area contributed by atoms with Gasteiger partial charge in [0.25, 0.3) is 5.91 Å². The lowest BCUT2D eigenvalue weighted by Crippen LogP contribution is -2.42. The predicted octanol–water partition coefficient (Wildman–Crippen LogP) is 1.72. The molecular formula is C21H28N2O6. The third kappa shape index (κ3) is 5.19. The third-order valence-corrected chi connectivity index (χ3v) is 5.33. The highest BCUT2D eigenvalue weighted by Crippen LogP contribution is 2.33. The van der Waals surface area contributed by atoms with Gasteiger partial charge < -0.3 is 24.0 Å². The van der Waals surface area contributed by atoms with Crippen molar-refractivity contribution in [1.82, 2.24) is 9.80 Å². The van der Waals surface area contributed by atoms with Gasteiger partial charge in [-0.25, -0.2) is 0 Å². The average molecular weight is 404 g/mol. The number of carbonyl (C=O) groups excluding carboxylic acids is 3. The van der Waals surface area contributed by atoms with Gasteiger partial charge in [0.05, 0.1) is 19.8 Å². The van der Waals surface area contributed by atoms with Crippen LogP contribution < -0.4 is 9.47 Å². The van der Waals surface area contributed by atoms with Gasteiger partial charge in [0, 0.05) is 38.9 Å². The molecule has 0 aromatic heterocycles. The van der Waals surface area contributed by atoms with Gasteiger partial charge in [0.2, 0.25) is 5.91 Å². The summed E-state index contributed by atoms with van der Waals surface area (Å²) in [5.74, 6) is 0.595. The van der Waals surface area contributed by atoms with Crippen LogP contribution in [-0.2, 0) is 14.3 Å². The molecule has 0 radical (unpaired) electrons. The molecule has 1 aromatic rings. The predicted molar refractivity (Wildman–Crippen MR) is 105 cm³/mol. The van der Waals surface area contributed by atoms with Crippen molar-refractivity contribution in [3.8, 4) is 11.5 Å². The molecule has 0 atom stereocenters. The molecule has 0 bridgehead atoms. The van der Waals surface area contributed by atoms with Crippen LogP contribution in [0.3, 0.4) is 0 Å². The molecule has 1 aliphatic carbocycles. The van der Waals surface area contributed by atoms with Crippen molar-refractivity contribution < 1.29 is 28.6 Å². The van der Waals surface area contributed by atoms with E-state index in [9.17, 15) is 14.4 Å². The van der Waals surface area contributed by atoms with Crippen molar-refractivity contribution in [2.24, 2.45) is 5.92 Å². The lowest BCUT2D eigenvalue weighted by atomic mass is 10.1. The molecule has 2 amide bonds. The first-order valence-corrected chi connectivity index (χ1v) is 9.88. The van der Waals surface area contributed by atoms with Crippen LogP contribution >= 0.6 is 0 Å². The topological polar surface area (TPSA) is 85.4 Å². The zero-order valence-electron chi connectivity index (χ0n) is 17.2. The van der Waals surface area contributed by atoms with Crippen LogP contribution in [0.1, 0.15) is 36.0 Å². The second-order valence-corrected chi connectivity index (χ2v) is 7.52. The Morgan fingerprint density at radius 3 is 2.38 bits per heavy atom. The number of rotatable bonds is 7. The van der Waals surface area contributed by atoms with Crippen molar-refractivity contribution in [2.75, 3.05) is 40.9 Å². The van der Waals surface area contributed by atoms with Crippen LogP contribution in [0.15, 0.2) is 18.2 Å². The zero-order valence-corrected chi connectivity index (χ0v) is 17.2. The summed E-state index contributed by atoms with van der Waals surface area (Å²) in [5, 5.41) is 0. The van der Waals surface area contributed by atoms with E-state index in [4.69, 9.17) is 9.47 Å². The van der Waals surface area contributed by atoms with Gasteiger partial charge in [-0.2, -0.15) is 0 Å². The van der Waals surface area contributed by atoms with Crippen molar-refractivity contribution >= 4 is 17.8 Å². The Labute approximate surface area is 170 Å². The standard InChI is InChI=1S/C21H28N2O6/c1-22(13-19(24)28-3)21(26)17-12-16(27-2)6-7-18(17)29-15-8-10-23(11-9-15)20(25)14-4-5-14/h6-7,12,14-15H,4-5,8-11,13H2,1-3H3. The third-order valence-electron chi connectivity index (χ3n) is 5.33. The van der Waals surface area contributed by atoms with Gasteiger partial charge in [-0.15, -0.1) is 0 Å². The van der Waals surface area contributed by atoms with Crippen LogP contribution in [0, 0.1) is 5.92 Å². The first-order valence-electron chi connectivity index (χ1n) is 9.88. The molecular weight excluding hydrogens is 376 g/mol. The van der Waals surface area contributed by atoms with E-state index in [2.05, 4.69) is 4.74 Å². The molecule has 8 nitrogen and oxygen atoms in total. The highest BCUT2D eigenvalue weighted by atomic mass is 16.5. The normalized spacial score (nSPS) is 16.9. The Balaban J connectivity index is 1.68. The molecule has 3 rings (SSSR count).